The maximum atomic E-state index is 14.0. The van der Waals surface area contributed by atoms with Gasteiger partial charge in [0.1, 0.15) is 24.0 Å². The second-order valence-corrected chi connectivity index (χ2v) is 7.75. The first-order valence-electron chi connectivity index (χ1n) is 8.91. The van der Waals surface area contributed by atoms with Crippen LogP contribution in [0.3, 0.4) is 0 Å². The highest BCUT2D eigenvalue weighted by molar-refractivity contribution is 7.09. The lowest BCUT2D eigenvalue weighted by atomic mass is 10.0. The molecule has 2 aliphatic rings. The van der Waals surface area contributed by atoms with E-state index >= 15 is 0 Å². The van der Waals surface area contributed by atoms with Gasteiger partial charge >= 0.3 is 0 Å². The number of hydrogen-bond acceptors (Lipinski definition) is 5. The van der Waals surface area contributed by atoms with Crippen molar-refractivity contribution in [2.24, 2.45) is 0 Å². The quantitative estimate of drug-likeness (QED) is 0.596. The zero-order valence-electron chi connectivity index (χ0n) is 14.9. The zero-order valence-corrected chi connectivity index (χ0v) is 15.7. The number of fused-ring (bicyclic) bond motifs is 3. The van der Waals surface area contributed by atoms with Crippen LogP contribution >= 0.6 is 11.3 Å². The Balaban J connectivity index is 1.46. The molecular weight excluding hydrogens is 377 g/mol. The molecule has 0 atom stereocenters. The lowest BCUT2D eigenvalue weighted by molar-refractivity contribution is 0.0882. The first-order chi connectivity index (χ1) is 13.7. The minimum atomic E-state index is -0.394. The van der Waals surface area contributed by atoms with Crippen LogP contribution in [0.15, 0.2) is 59.7 Å². The molecule has 28 heavy (non-hydrogen) atoms. The molecule has 0 radical (unpaired) electrons. The molecule has 3 aromatic rings. The van der Waals surface area contributed by atoms with Gasteiger partial charge in [-0.25, -0.2) is 4.39 Å². The molecule has 0 unspecified atom stereocenters. The smallest absolute Gasteiger partial charge is 0.231 e. The third-order valence-electron chi connectivity index (χ3n) is 4.83. The highest BCUT2D eigenvalue weighted by Crippen LogP contribution is 2.42. The normalized spacial score (nSPS) is 17.2. The Labute approximate surface area is 165 Å². The number of ketones is 1. The summed E-state index contributed by atoms with van der Waals surface area (Å²) in [6.07, 6.45) is 1.46. The van der Waals surface area contributed by atoms with Crippen LogP contribution in [0.4, 0.5) is 4.39 Å². The van der Waals surface area contributed by atoms with Crippen molar-refractivity contribution in [2.45, 2.75) is 13.1 Å². The van der Waals surface area contributed by atoms with E-state index in [0.29, 0.717) is 30.2 Å². The van der Waals surface area contributed by atoms with Crippen molar-refractivity contribution in [3.05, 3.63) is 87.1 Å². The zero-order chi connectivity index (χ0) is 19.1. The molecule has 6 heteroatoms. The number of benzene rings is 2. The third-order valence-corrected chi connectivity index (χ3v) is 5.69. The monoisotopic (exact) mass is 393 g/mol. The van der Waals surface area contributed by atoms with Gasteiger partial charge in [0.15, 0.2) is 5.76 Å². The number of nitrogens with zero attached hydrogens (tertiary/aromatic N) is 1. The second-order valence-electron chi connectivity index (χ2n) is 6.72. The molecule has 2 aromatic carbocycles. The molecule has 4 nitrogen and oxygen atoms in total. The van der Waals surface area contributed by atoms with Gasteiger partial charge in [0, 0.05) is 23.5 Å². The summed E-state index contributed by atoms with van der Waals surface area (Å²) in [5, 5.41) is 2.05. The Hall–Kier alpha value is -2.96. The summed E-state index contributed by atoms with van der Waals surface area (Å²) < 4.78 is 25.7. The predicted octanol–water partition coefficient (Wildman–Crippen LogP) is 4.86. The highest BCUT2D eigenvalue weighted by atomic mass is 32.1. The van der Waals surface area contributed by atoms with E-state index in [1.807, 2.05) is 17.5 Å². The van der Waals surface area contributed by atoms with E-state index in [1.165, 1.54) is 17.0 Å². The fraction of sp³-hybridized carbons (Fsp3) is 0.136. The molecule has 1 aromatic heterocycles. The molecule has 0 bridgehead atoms. The summed E-state index contributed by atoms with van der Waals surface area (Å²) in [4.78, 5) is 16.2. The van der Waals surface area contributed by atoms with Gasteiger partial charge in [0.05, 0.1) is 11.1 Å². The predicted molar refractivity (Wildman–Crippen MR) is 105 cm³/mol. The van der Waals surface area contributed by atoms with Crippen molar-refractivity contribution in [3.63, 3.8) is 0 Å². The number of thiophene rings is 1. The Morgan fingerprint density at radius 2 is 2.04 bits per heavy atom. The summed E-state index contributed by atoms with van der Waals surface area (Å²) in [6.45, 7) is 1.87. The first-order valence-corrected chi connectivity index (χ1v) is 9.79. The van der Waals surface area contributed by atoms with E-state index in [-0.39, 0.29) is 11.5 Å². The van der Waals surface area contributed by atoms with Gasteiger partial charge in [0.25, 0.3) is 0 Å². The van der Waals surface area contributed by atoms with E-state index in [4.69, 9.17) is 9.47 Å². The van der Waals surface area contributed by atoms with Gasteiger partial charge in [0.2, 0.25) is 5.78 Å². The summed E-state index contributed by atoms with van der Waals surface area (Å²) in [6, 6.07) is 13.9. The van der Waals surface area contributed by atoms with Crippen LogP contribution in [-0.4, -0.2) is 17.4 Å². The molecule has 0 N–H and O–H groups in total. The topological polar surface area (TPSA) is 38.8 Å². The standard InChI is InChI=1S/C22H16FNO3S/c23-18-6-2-1-4-14(18)10-20-21(25)16-7-8-19-17(22(16)27-20)12-24(13-26-19)11-15-5-3-9-28-15/h1-10H,11-13H2/b20-10-. The number of carbonyl (C=O) groups excluding carboxylic acids is 1. The van der Waals surface area contributed by atoms with E-state index in [2.05, 4.69) is 11.0 Å². The van der Waals surface area contributed by atoms with Gasteiger partial charge in [-0.05, 0) is 35.7 Å². The Bertz CT molecular complexity index is 1090. The van der Waals surface area contributed by atoms with Crippen LogP contribution in [0.1, 0.15) is 26.4 Å². The summed E-state index contributed by atoms with van der Waals surface area (Å²) in [5.74, 6) is 0.734. The number of rotatable bonds is 3. The molecule has 0 saturated carbocycles. The van der Waals surface area contributed by atoms with Gasteiger partial charge in [-0.1, -0.05) is 24.3 Å². The maximum Gasteiger partial charge on any atom is 0.231 e. The Morgan fingerprint density at radius 3 is 2.86 bits per heavy atom. The molecule has 5 rings (SSSR count). The number of allylic oxidation sites excluding steroid dienone is 1. The van der Waals surface area contributed by atoms with E-state index < -0.39 is 5.82 Å². The number of hydrogen-bond donors (Lipinski definition) is 0. The molecule has 2 aliphatic heterocycles. The average Bonchev–Trinajstić information content (AvgIpc) is 3.32. The van der Waals surface area contributed by atoms with Crippen LogP contribution < -0.4 is 9.47 Å². The molecule has 140 valence electrons. The molecule has 0 amide bonds. The second kappa shape index (κ2) is 6.89. The van der Waals surface area contributed by atoms with Gasteiger partial charge in [-0.2, -0.15) is 0 Å². The van der Waals surface area contributed by atoms with E-state index in [1.54, 1.807) is 35.6 Å². The Morgan fingerprint density at radius 1 is 1.14 bits per heavy atom. The summed E-state index contributed by atoms with van der Waals surface area (Å²) >= 11 is 1.70. The van der Waals surface area contributed by atoms with Crippen molar-refractivity contribution in [1.82, 2.24) is 4.90 Å². The number of Topliss-reactive ketones (excluding diaryl/α,β-unsaturated/α-hetero) is 1. The third kappa shape index (κ3) is 3.00. The maximum absolute atomic E-state index is 14.0. The van der Waals surface area contributed by atoms with Gasteiger partial charge in [-0.15, -0.1) is 11.3 Å². The molecule has 3 heterocycles. The number of carbonyl (C=O) groups is 1. The molecule has 0 saturated heterocycles. The molecule has 0 spiro atoms. The number of halogens is 1. The van der Waals surface area contributed by atoms with Crippen LogP contribution in [-0.2, 0) is 13.1 Å². The van der Waals surface area contributed by atoms with Crippen molar-refractivity contribution in [3.8, 4) is 11.5 Å². The van der Waals surface area contributed by atoms with Crippen LogP contribution in [0, 0.1) is 5.82 Å². The van der Waals surface area contributed by atoms with Crippen LogP contribution in [0.5, 0.6) is 11.5 Å². The van der Waals surface area contributed by atoms with E-state index in [0.717, 1.165) is 17.9 Å². The minimum absolute atomic E-state index is 0.129. The molecule has 0 aliphatic carbocycles. The van der Waals surface area contributed by atoms with Crippen molar-refractivity contribution in [1.29, 1.82) is 0 Å². The van der Waals surface area contributed by atoms with Crippen LogP contribution in [0.25, 0.3) is 6.08 Å². The highest BCUT2D eigenvalue weighted by Gasteiger charge is 2.33. The van der Waals surface area contributed by atoms with Crippen molar-refractivity contribution < 1.29 is 18.7 Å². The fourth-order valence-electron chi connectivity index (χ4n) is 3.46. The number of ether oxygens (including phenoxy) is 2. The average molecular weight is 393 g/mol. The van der Waals surface area contributed by atoms with Gasteiger partial charge in [-0.3, -0.25) is 9.69 Å². The molecular formula is C22H16FNO3S. The van der Waals surface area contributed by atoms with Crippen molar-refractivity contribution in [2.75, 3.05) is 6.73 Å². The summed E-state index contributed by atoms with van der Waals surface area (Å²) in [7, 11) is 0. The lowest BCUT2D eigenvalue weighted by Crippen LogP contribution is -2.31. The van der Waals surface area contributed by atoms with Gasteiger partial charge < -0.3 is 9.47 Å². The SMILES string of the molecule is O=C1/C(=C/c2ccccc2F)Oc2c1ccc1c2CN(Cc2cccs2)CO1. The molecule has 0 fully saturated rings. The summed E-state index contributed by atoms with van der Waals surface area (Å²) in [5.41, 5.74) is 1.66. The minimum Gasteiger partial charge on any atom is -0.478 e. The van der Waals surface area contributed by atoms with Crippen LogP contribution in [0.2, 0.25) is 0 Å². The van der Waals surface area contributed by atoms with E-state index in [9.17, 15) is 9.18 Å². The largest absolute Gasteiger partial charge is 0.478 e. The fourth-order valence-corrected chi connectivity index (χ4v) is 4.21. The Kier molecular flexibility index (Phi) is 4.22. The first kappa shape index (κ1) is 17.2. The van der Waals surface area contributed by atoms with Crippen molar-refractivity contribution >= 4 is 23.2 Å². The lowest BCUT2D eigenvalue weighted by Gasteiger charge is -2.29.